The van der Waals surface area contributed by atoms with Gasteiger partial charge in [-0.15, -0.1) is 5.10 Å². The number of rotatable bonds is 7. The predicted octanol–water partition coefficient (Wildman–Crippen LogP) is 1.37. The maximum atomic E-state index is 12.4. The highest BCUT2D eigenvalue weighted by Crippen LogP contribution is 2.24. The molecule has 3 rings (SSSR count). The molecule has 8 heteroatoms. The Hall–Kier alpha value is -3.29. The fraction of sp³-hybridized carbons (Fsp3) is 0.235. The van der Waals surface area contributed by atoms with Gasteiger partial charge in [0.25, 0.3) is 0 Å². The lowest BCUT2D eigenvalue weighted by Crippen LogP contribution is -2.30. The molecule has 25 heavy (non-hydrogen) atoms. The normalized spacial score (nSPS) is 11.7. The highest BCUT2D eigenvalue weighted by Gasteiger charge is 2.17. The molecule has 0 unspecified atom stereocenters. The van der Waals surface area contributed by atoms with Crippen molar-refractivity contribution in [2.75, 3.05) is 7.11 Å². The molecule has 3 aromatic rings. The summed E-state index contributed by atoms with van der Waals surface area (Å²) in [4.78, 5) is 16.4. The van der Waals surface area contributed by atoms with Crippen LogP contribution in [0.25, 0.3) is 0 Å². The highest BCUT2D eigenvalue weighted by molar-refractivity contribution is 5.76. The van der Waals surface area contributed by atoms with E-state index in [0.29, 0.717) is 6.54 Å². The van der Waals surface area contributed by atoms with Crippen LogP contribution in [0.15, 0.2) is 55.1 Å². The summed E-state index contributed by atoms with van der Waals surface area (Å²) in [5, 5.41) is 13.9. The van der Waals surface area contributed by atoms with Gasteiger partial charge in [0.05, 0.1) is 19.7 Å². The van der Waals surface area contributed by atoms with Crippen molar-refractivity contribution in [1.82, 2.24) is 30.5 Å². The first-order valence-corrected chi connectivity index (χ1v) is 7.80. The zero-order valence-corrected chi connectivity index (χ0v) is 13.7. The van der Waals surface area contributed by atoms with E-state index in [2.05, 4.69) is 25.8 Å². The third-order valence-corrected chi connectivity index (χ3v) is 3.75. The molecule has 0 saturated heterocycles. The van der Waals surface area contributed by atoms with E-state index >= 15 is 0 Å². The van der Waals surface area contributed by atoms with E-state index < -0.39 is 0 Å². The number of pyridine rings is 1. The molecule has 2 heterocycles. The summed E-state index contributed by atoms with van der Waals surface area (Å²) < 4.78 is 6.72. The van der Waals surface area contributed by atoms with Gasteiger partial charge in [-0.2, -0.15) is 0 Å². The van der Waals surface area contributed by atoms with Crippen LogP contribution in [0.2, 0.25) is 0 Å². The molecule has 0 fully saturated rings. The van der Waals surface area contributed by atoms with Crippen molar-refractivity contribution in [1.29, 1.82) is 0 Å². The zero-order valence-electron chi connectivity index (χ0n) is 13.7. The Labute approximate surface area is 144 Å². The molecule has 1 N–H and O–H groups in total. The highest BCUT2D eigenvalue weighted by atomic mass is 16.5. The molecule has 1 amide bonds. The average Bonchev–Trinajstić information content (AvgIpc) is 3.19. The number of amides is 1. The Bertz CT molecular complexity index is 790. The summed E-state index contributed by atoms with van der Waals surface area (Å²) in [5.41, 5.74) is 1.92. The number of carbonyl (C=O) groups excluding carboxylic acids is 1. The van der Waals surface area contributed by atoms with E-state index in [9.17, 15) is 4.79 Å². The number of nitrogens with zero attached hydrogens (tertiary/aromatic N) is 5. The molecule has 0 spiro atoms. The van der Waals surface area contributed by atoms with E-state index in [1.54, 1.807) is 19.5 Å². The van der Waals surface area contributed by atoms with Crippen molar-refractivity contribution in [3.05, 3.63) is 66.2 Å². The topological polar surface area (TPSA) is 94.8 Å². The summed E-state index contributed by atoms with van der Waals surface area (Å²) in [6.45, 7) is 0.421. The minimum Gasteiger partial charge on any atom is -0.497 e. The largest absolute Gasteiger partial charge is 0.497 e. The molecule has 0 radical (unpaired) electrons. The van der Waals surface area contributed by atoms with Gasteiger partial charge in [-0.05, 0) is 45.8 Å². The Morgan fingerprint density at radius 3 is 2.52 bits per heavy atom. The molecule has 1 atom stereocenters. The van der Waals surface area contributed by atoms with Crippen molar-refractivity contribution in [2.24, 2.45) is 0 Å². The van der Waals surface area contributed by atoms with Gasteiger partial charge in [-0.1, -0.05) is 12.1 Å². The molecule has 2 aromatic heterocycles. The predicted molar refractivity (Wildman–Crippen MR) is 89.7 cm³/mol. The minimum atomic E-state index is -0.268. The second-order valence-electron chi connectivity index (χ2n) is 5.38. The molecule has 0 bridgehead atoms. The summed E-state index contributed by atoms with van der Waals surface area (Å²) in [6, 6.07) is 11.1. The Morgan fingerprint density at radius 2 is 1.88 bits per heavy atom. The van der Waals surface area contributed by atoms with Gasteiger partial charge < -0.3 is 10.1 Å². The van der Waals surface area contributed by atoms with Gasteiger partial charge in [0.15, 0.2) is 0 Å². The fourth-order valence-corrected chi connectivity index (χ4v) is 2.44. The number of aryl methyl sites for hydroxylation is 1. The minimum absolute atomic E-state index is 0.0897. The zero-order chi connectivity index (χ0) is 17.5. The van der Waals surface area contributed by atoms with Gasteiger partial charge in [0.2, 0.25) is 5.91 Å². The molecular formula is C17H18N6O2. The van der Waals surface area contributed by atoms with E-state index in [-0.39, 0.29) is 18.4 Å². The standard InChI is InChI=1S/C17H18N6O2/c1-25-15-4-2-13(3-5-15)17(14-6-9-18-10-7-14)20-16(24)8-11-23-12-19-21-22-23/h2-7,9-10,12,17H,8,11H2,1H3,(H,20,24)/t17-/m1/s1. The van der Waals surface area contributed by atoms with Crippen LogP contribution in [0.3, 0.4) is 0 Å². The van der Waals surface area contributed by atoms with Crippen LogP contribution in [0.5, 0.6) is 5.75 Å². The number of hydrogen-bond acceptors (Lipinski definition) is 6. The first-order valence-electron chi connectivity index (χ1n) is 7.80. The van der Waals surface area contributed by atoms with Crippen LogP contribution in [0.4, 0.5) is 0 Å². The van der Waals surface area contributed by atoms with Crippen molar-refractivity contribution < 1.29 is 9.53 Å². The molecule has 0 aliphatic rings. The number of methoxy groups -OCH3 is 1. The fourth-order valence-electron chi connectivity index (χ4n) is 2.44. The van der Waals surface area contributed by atoms with Crippen molar-refractivity contribution >= 4 is 5.91 Å². The van der Waals surface area contributed by atoms with Crippen molar-refractivity contribution in [2.45, 2.75) is 19.0 Å². The van der Waals surface area contributed by atoms with E-state index in [0.717, 1.165) is 16.9 Å². The molecule has 0 aliphatic heterocycles. The summed E-state index contributed by atoms with van der Waals surface area (Å²) in [7, 11) is 1.62. The first kappa shape index (κ1) is 16.6. The molecular weight excluding hydrogens is 320 g/mol. The summed E-state index contributed by atoms with van der Waals surface area (Å²) in [6.07, 6.45) is 5.18. The quantitative estimate of drug-likeness (QED) is 0.699. The number of carbonyl (C=O) groups is 1. The Morgan fingerprint density at radius 1 is 1.16 bits per heavy atom. The lowest BCUT2D eigenvalue weighted by Gasteiger charge is -2.20. The van der Waals surface area contributed by atoms with Crippen LogP contribution < -0.4 is 10.1 Å². The first-order chi connectivity index (χ1) is 12.3. The number of aromatic nitrogens is 5. The third-order valence-electron chi connectivity index (χ3n) is 3.75. The van der Waals surface area contributed by atoms with Crippen LogP contribution in [-0.2, 0) is 11.3 Å². The lowest BCUT2D eigenvalue weighted by molar-refractivity contribution is -0.121. The second kappa shape index (κ2) is 8.00. The molecule has 128 valence electrons. The number of nitrogens with one attached hydrogen (secondary N) is 1. The SMILES string of the molecule is COc1ccc([C@@H](NC(=O)CCn2cnnn2)c2ccncc2)cc1. The van der Waals surface area contributed by atoms with Gasteiger partial charge in [0, 0.05) is 18.8 Å². The summed E-state index contributed by atoms with van der Waals surface area (Å²) in [5.74, 6) is 0.676. The second-order valence-corrected chi connectivity index (χ2v) is 5.38. The van der Waals surface area contributed by atoms with Gasteiger partial charge in [-0.3, -0.25) is 9.78 Å². The van der Waals surface area contributed by atoms with Gasteiger partial charge in [0.1, 0.15) is 12.1 Å². The number of benzene rings is 1. The molecule has 1 aromatic carbocycles. The van der Waals surface area contributed by atoms with Crippen molar-refractivity contribution in [3.63, 3.8) is 0 Å². The Balaban J connectivity index is 1.75. The third kappa shape index (κ3) is 4.37. The van der Waals surface area contributed by atoms with E-state index in [1.165, 1.54) is 11.0 Å². The van der Waals surface area contributed by atoms with Crippen LogP contribution >= 0.6 is 0 Å². The van der Waals surface area contributed by atoms with Gasteiger partial charge in [-0.25, -0.2) is 4.68 Å². The maximum absolute atomic E-state index is 12.4. The van der Waals surface area contributed by atoms with E-state index in [4.69, 9.17) is 4.74 Å². The number of hydrogen-bond donors (Lipinski definition) is 1. The lowest BCUT2D eigenvalue weighted by atomic mass is 9.99. The van der Waals surface area contributed by atoms with E-state index in [1.807, 2.05) is 36.4 Å². The van der Waals surface area contributed by atoms with Crippen LogP contribution in [-0.4, -0.2) is 38.2 Å². The van der Waals surface area contributed by atoms with Crippen molar-refractivity contribution in [3.8, 4) is 5.75 Å². The molecule has 0 saturated carbocycles. The van der Waals surface area contributed by atoms with Gasteiger partial charge >= 0.3 is 0 Å². The average molecular weight is 338 g/mol. The monoisotopic (exact) mass is 338 g/mol. The summed E-state index contributed by atoms with van der Waals surface area (Å²) >= 11 is 0. The van der Waals surface area contributed by atoms with Crippen LogP contribution in [0, 0.1) is 0 Å². The molecule has 0 aliphatic carbocycles. The Kier molecular flexibility index (Phi) is 5.30. The maximum Gasteiger partial charge on any atom is 0.222 e. The molecule has 8 nitrogen and oxygen atoms in total. The number of tetrazole rings is 1. The van der Waals surface area contributed by atoms with Crippen LogP contribution in [0.1, 0.15) is 23.6 Å². The number of ether oxygens (including phenoxy) is 1. The smallest absolute Gasteiger partial charge is 0.222 e.